The standard InChI is InChI=1S/C20H27N5O3/c1-27-18-5-2-4-17(14-25(11-12-26)15-19-22-6-7-23-19)20(18)28-13-3-9-24-10-8-21-16-24/h2,4-8,10,16,26H,3,9,11-15H2,1H3,(H,22,23). The van der Waals surface area contributed by atoms with Gasteiger partial charge >= 0.3 is 0 Å². The summed E-state index contributed by atoms with van der Waals surface area (Å²) < 4.78 is 13.6. The highest BCUT2D eigenvalue weighted by Crippen LogP contribution is 2.32. The Morgan fingerprint density at radius 1 is 1.25 bits per heavy atom. The molecule has 28 heavy (non-hydrogen) atoms. The molecule has 2 aromatic heterocycles. The minimum atomic E-state index is 0.0752. The van der Waals surface area contributed by atoms with Crippen LogP contribution in [0.1, 0.15) is 17.8 Å². The number of aliphatic hydroxyl groups excluding tert-OH is 1. The van der Waals surface area contributed by atoms with E-state index in [1.165, 1.54) is 0 Å². The number of aromatic amines is 1. The second-order valence-electron chi connectivity index (χ2n) is 6.42. The molecule has 0 aliphatic rings. The largest absolute Gasteiger partial charge is 0.493 e. The van der Waals surface area contributed by atoms with Crippen molar-refractivity contribution in [3.8, 4) is 11.5 Å². The maximum Gasteiger partial charge on any atom is 0.165 e. The van der Waals surface area contributed by atoms with E-state index in [2.05, 4.69) is 19.9 Å². The lowest BCUT2D eigenvalue weighted by Gasteiger charge is -2.23. The van der Waals surface area contributed by atoms with Crippen molar-refractivity contribution in [2.75, 3.05) is 26.9 Å². The zero-order valence-electron chi connectivity index (χ0n) is 16.1. The minimum Gasteiger partial charge on any atom is -0.493 e. The van der Waals surface area contributed by atoms with E-state index >= 15 is 0 Å². The summed E-state index contributed by atoms with van der Waals surface area (Å²) >= 11 is 0. The van der Waals surface area contributed by atoms with Crippen molar-refractivity contribution in [2.45, 2.75) is 26.1 Å². The number of aryl methyl sites for hydroxylation is 1. The summed E-state index contributed by atoms with van der Waals surface area (Å²) in [5, 5.41) is 9.44. The third kappa shape index (κ3) is 5.58. The maximum absolute atomic E-state index is 9.44. The molecule has 0 amide bonds. The number of para-hydroxylation sites is 1. The van der Waals surface area contributed by atoms with Crippen LogP contribution >= 0.6 is 0 Å². The zero-order valence-corrected chi connectivity index (χ0v) is 16.1. The molecule has 3 rings (SSSR count). The van der Waals surface area contributed by atoms with E-state index in [-0.39, 0.29) is 6.61 Å². The second-order valence-corrected chi connectivity index (χ2v) is 6.42. The molecule has 2 heterocycles. The highest BCUT2D eigenvalue weighted by molar-refractivity contribution is 5.46. The Balaban J connectivity index is 1.66. The zero-order chi connectivity index (χ0) is 19.6. The lowest BCUT2D eigenvalue weighted by molar-refractivity contribution is 0.178. The number of nitrogens with one attached hydrogen (secondary N) is 1. The summed E-state index contributed by atoms with van der Waals surface area (Å²) in [5.74, 6) is 2.32. The van der Waals surface area contributed by atoms with E-state index in [1.807, 2.05) is 29.0 Å². The first kappa shape index (κ1) is 19.9. The number of H-pyrrole nitrogens is 1. The fourth-order valence-corrected chi connectivity index (χ4v) is 3.04. The molecule has 150 valence electrons. The molecule has 3 aromatic rings. The molecule has 0 saturated carbocycles. The smallest absolute Gasteiger partial charge is 0.165 e. The molecule has 0 fully saturated rings. The van der Waals surface area contributed by atoms with Gasteiger partial charge in [-0.15, -0.1) is 0 Å². The van der Waals surface area contributed by atoms with Crippen molar-refractivity contribution >= 4 is 0 Å². The fraction of sp³-hybridized carbons (Fsp3) is 0.400. The molecule has 0 saturated heterocycles. The molecule has 0 atom stereocenters. The number of imidazole rings is 2. The van der Waals surface area contributed by atoms with Gasteiger partial charge in [0.05, 0.1) is 33.2 Å². The predicted octanol–water partition coefficient (Wildman–Crippen LogP) is 2.08. The number of nitrogens with zero attached hydrogens (tertiary/aromatic N) is 4. The van der Waals surface area contributed by atoms with E-state index in [0.717, 1.165) is 30.1 Å². The summed E-state index contributed by atoms with van der Waals surface area (Å²) in [6.07, 6.45) is 9.90. The lowest BCUT2D eigenvalue weighted by Crippen LogP contribution is -2.27. The van der Waals surface area contributed by atoms with Crippen LogP contribution < -0.4 is 9.47 Å². The molecule has 0 radical (unpaired) electrons. The van der Waals surface area contributed by atoms with Gasteiger partial charge in [-0.1, -0.05) is 12.1 Å². The fourth-order valence-electron chi connectivity index (χ4n) is 3.04. The first-order valence-corrected chi connectivity index (χ1v) is 9.36. The van der Waals surface area contributed by atoms with E-state index in [1.54, 1.807) is 32.0 Å². The number of aromatic nitrogens is 4. The Labute approximate surface area is 164 Å². The van der Waals surface area contributed by atoms with Crippen LogP contribution in [-0.2, 0) is 19.6 Å². The number of aliphatic hydroxyl groups is 1. The average Bonchev–Trinajstić information content (AvgIpc) is 3.40. The van der Waals surface area contributed by atoms with Gasteiger partial charge in [0, 0.05) is 50.0 Å². The van der Waals surface area contributed by atoms with Crippen LogP contribution in [-0.4, -0.2) is 56.4 Å². The summed E-state index contributed by atoms with van der Waals surface area (Å²) in [7, 11) is 1.64. The first-order valence-electron chi connectivity index (χ1n) is 9.36. The Morgan fingerprint density at radius 3 is 2.89 bits per heavy atom. The van der Waals surface area contributed by atoms with Crippen molar-refractivity contribution in [2.24, 2.45) is 0 Å². The Kier molecular flexibility index (Phi) is 7.45. The van der Waals surface area contributed by atoms with Gasteiger partial charge < -0.3 is 24.1 Å². The van der Waals surface area contributed by atoms with Crippen LogP contribution in [0.25, 0.3) is 0 Å². The van der Waals surface area contributed by atoms with Crippen LogP contribution in [0.2, 0.25) is 0 Å². The third-order valence-corrected chi connectivity index (χ3v) is 4.39. The second kappa shape index (κ2) is 10.5. The lowest BCUT2D eigenvalue weighted by atomic mass is 10.1. The molecule has 0 aliphatic heterocycles. The summed E-state index contributed by atoms with van der Waals surface area (Å²) in [4.78, 5) is 13.6. The number of hydrogen-bond donors (Lipinski definition) is 2. The molecule has 0 unspecified atom stereocenters. The van der Waals surface area contributed by atoms with E-state index in [9.17, 15) is 5.11 Å². The van der Waals surface area contributed by atoms with E-state index < -0.39 is 0 Å². The van der Waals surface area contributed by atoms with Gasteiger partial charge in [-0.2, -0.15) is 0 Å². The highest BCUT2D eigenvalue weighted by atomic mass is 16.5. The predicted molar refractivity (Wildman–Crippen MR) is 105 cm³/mol. The summed E-state index contributed by atoms with van der Waals surface area (Å²) in [6, 6.07) is 5.88. The molecular weight excluding hydrogens is 358 g/mol. The first-order chi connectivity index (χ1) is 13.8. The minimum absolute atomic E-state index is 0.0752. The van der Waals surface area contributed by atoms with E-state index in [4.69, 9.17) is 9.47 Å². The highest BCUT2D eigenvalue weighted by Gasteiger charge is 2.15. The molecular formula is C20H27N5O3. The Hall–Kier alpha value is -2.84. The molecule has 2 N–H and O–H groups in total. The number of methoxy groups -OCH3 is 1. The summed E-state index contributed by atoms with van der Waals surface area (Å²) in [5.41, 5.74) is 1.02. The summed E-state index contributed by atoms with van der Waals surface area (Å²) in [6.45, 7) is 3.27. The van der Waals surface area contributed by atoms with Crippen LogP contribution in [0.5, 0.6) is 11.5 Å². The van der Waals surface area contributed by atoms with Crippen molar-refractivity contribution in [1.82, 2.24) is 24.4 Å². The van der Waals surface area contributed by atoms with Gasteiger partial charge in [-0.05, 0) is 12.5 Å². The van der Waals surface area contributed by atoms with Crippen molar-refractivity contribution in [3.63, 3.8) is 0 Å². The van der Waals surface area contributed by atoms with Crippen LogP contribution in [0, 0.1) is 0 Å². The molecule has 8 heteroatoms. The van der Waals surface area contributed by atoms with Crippen molar-refractivity contribution in [1.29, 1.82) is 0 Å². The van der Waals surface area contributed by atoms with Gasteiger partial charge in [0.25, 0.3) is 0 Å². The Bertz CT molecular complexity index is 805. The monoisotopic (exact) mass is 385 g/mol. The molecule has 0 bridgehead atoms. The molecule has 8 nitrogen and oxygen atoms in total. The van der Waals surface area contributed by atoms with Gasteiger partial charge in [0.1, 0.15) is 5.82 Å². The van der Waals surface area contributed by atoms with Gasteiger partial charge in [0.2, 0.25) is 0 Å². The van der Waals surface area contributed by atoms with Gasteiger partial charge in [-0.25, -0.2) is 9.97 Å². The van der Waals surface area contributed by atoms with Crippen LogP contribution in [0.3, 0.4) is 0 Å². The molecule has 1 aromatic carbocycles. The normalized spacial score (nSPS) is 11.1. The number of hydrogen-bond acceptors (Lipinski definition) is 6. The number of rotatable bonds is 12. The van der Waals surface area contributed by atoms with Crippen LogP contribution in [0.15, 0.2) is 49.3 Å². The molecule has 0 spiro atoms. The van der Waals surface area contributed by atoms with E-state index in [0.29, 0.717) is 32.0 Å². The van der Waals surface area contributed by atoms with Gasteiger partial charge in [0.15, 0.2) is 11.5 Å². The average molecular weight is 385 g/mol. The topological polar surface area (TPSA) is 88.4 Å². The maximum atomic E-state index is 9.44. The van der Waals surface area contributed by atoms with Crippen LogP contribution in [0.4, 0.5) is 0 Å². The number of benzene rings is 1. The van der Waals surface area contributed by atoms with Crippen molar-refractivity contribution in [3.05, 3.63) is 60.7 Å². The van der Waals surface area contributed by atoms with Crippen molar-refractivity contribution < 1.29 is 14.6 Å². The number of ether oxygens (including phenoxy) is 2. The Morgan fingerprint density at radius 2 is 2.18 bits per heavy atom. The quantitative estimate of drug-likeness (QED) is 0.464. The molecule has 0 aliphatic carbocycles. The third-order valence-electron chi connectivity index (χ3n) is 4.39. The van der Waals surface area contributed by atoms with Gasteiger partial charge in [-0.3, -0.25) is 4.90 Å². The SMILES string of the molecule is COc1cccc(CN(CCO)Cc2ncc[nH]2)c1OCCCn1ccnc1.